The van der Waals surface area contributed by atoms with E-state index in [-0.39, 0.29) is 11.2 Å². The van der Waals surface area contributed by atoms with Gasteiger partial charge in [-0.25, -0.2) is 4.68 Å². The monoisotopic (exact) mass is 281 g/mol. The summed E-state index contributed by atoms with van der Waals surface area (Å²) in [5.41, 5.74) is 0. The van der Waals surface area contributed by atoms with Gasteiger partial charge in [0.05, 0.1) is 11.3 Å². The van der Waals surface area contributed by atoms with Crippen molar-refractivity contribution in [1.29, 1.82) is 0 Å². The van der Waals surface area contributed by atoms with Gasteiger partial charge in [-0.15, -0.1) is 5.10 Å². The summed E-state index contributed by atoms with van der Waals surface area (Å²) in [5, 5.41) is 15.5. The van der Waals surface area contributed by atoms with Gasteiger partial charge in [0, 0.05) is 6.04 Å². The highest BCUT2D eigenvalue weighted by atomic mass is 32.2. The van der Waals surface area contributed by atoms with Crippen LogP contribution < -0.4 is 5.32 Å². The third kappa shape index (κ3) is 3.08. The van der Waals surface area contributed by atoms with Crippen molar-refractivity contribution in [3.05, 3.63) is 0 Å². The molecule has 19 heavy (non-hydrogen) atoms. The smallest absolute Gasteiger partial charge is 0.233 e. The molecule has 1 amide bonds. The number of carbonyl (C=O) groups is 1. The van der Waals surface area contributed by atoms with E-state index in [9.17, 15) is 4.79 Å². The molecule has 0 saturated heterocycles. The van der Waals surface area contributed by atoms with Crippen LogP contribution in [0.4, 0.5) is 0 Å². The highest BCUT2D eigenvalue weighted by molar-refractivity contribution is 8.00. The van der Waals surface area contributed by atoms with Crippen LogP contribution in [0.3, 0.4) is 0 Å². The molecular formula is C12H19N5OS. The Morgan fingerprint density at radius 1 is 1.37 bits per heavy atom. The molecule has 0 bridgehead atoms. The molecule has 6 nitrogen and oxygen atoms in total. The maximum atomic E-state index is 12.1. The summed E-state index contributed by atoms with van der Waals surface area (Å²) >= 11 is 1.45. The third-order valence-corrected chi connectivity index (χ3v) is 4.76. The molecule has 2 aliphatic carbocycles. The standard InChI is InChI=1S/C12H19N5OS/c1-8(11(18)13-9-4-2-3-5-9)19-12-14-15-16-17(12)10-6-7-10/h8-10H,2-7H2,1H3,(H,13,18)/t8-/m0/s1. The van der Waals surface area contributed by atoms with Gasteiger partial charge in [-0.2, -0.15) is 0 Å². The predicted molar refractivity (Wildman–Crippen MR) is 71.8 cm³/mol. The average Bonchev–Trinajstić information content (AvgIpc) is 2.92. The molecule has 1 aromatic rings. The molecule has 3 rings (SSSR count). The van der Waals surface area contributed by atoms with Gasteiger partial charge in [0.25, 0.3) is 0 Å². The van der Waals surface area contributed by atoms with Crippen LogP contribution in [-0.2, 0) is 4.79 Å². The van der Waals surface area contributed by atoms with Gasteiger partial charge in [-0.05, 0) is 43.0 Å². The number of carbonyl (C=O) groups excluding carboxylic acids is 1. The number of rotatable bonds is 5. The number of amides is 1. The van der Waals surface area contributed by atoms with Crippen molar-refractivity contribution >= 4 is 17.7 Å². The van der Waals surface area contributed by atoms with Crippen LogP contribution >= 0.6 is 11.8 Å². The molecular weight excluding hydrogens is 262 g/mol. The van der Waals surface area contributed by atoms with Gasteiger partial charge in [0.2, 0.25) is 11.1 Å². The van der Waals surface area contributed by atoms with Crippen molar-refractivity contribution in [3.8, 4) is 0 Å². The molecule has 104 valence electrons. The lowest BCUT2D eigenvalue weighted by atomic mass is 10.2. The molecule has 1 heterocycles. The fourth-order valence-corrected chi connectivity index (χ4v) is 3.28. The molecule has 1 aromatic heterocycles. The number of hydrogen-bond acceptors (Lipinski definition) is 5. The molecule has 2 fully saturated rings. The van der Waals surface area contributed by atoms with Crippen LogP contribution in [0.25, 0.3) is 0 Å². The highest BCUT2D eigenvalue weighted by Crippen LogP contribution is 2.37. The van der Waals surface area contributed by atoms with E-state index in [2.05, 4.69) is 20.8 Å². The zero-order valence-corrected chi connectivity index (χ0v) is 11.9. The van der Waals surface area contributed by atoms with Crippen LogP contribution in [0.2, 0.25) is 0 Å². The van der Waals surface area contributed by atoms with Gasteiger partial charge in [0.15, 0.2) is 0 Å². The number of thioether (sulfide) groups is 1. The van der Waals surface area contributed by atoms with Gasteiger partial charge >= 0.3 is 0 Å². The van der Waals surface area contributed by atoms with Crippen LogP contribution in [0.15, 0.2) is 5.16 Å². The minimum atomic E-state index is -0.149. The normalized spacial score (nSPS) is 21.5. The van der Waals surface area contributed by atoms with Gasteiger partial charge < -0.3 is 5.32 Å². The minimum Gasteiger partial charge on any atom is -0.352 e. The molecule has 0 aliphatic heterocycles. The number of nitrogens with zero attached hydrogens (tertiary/aromatic N) is 4. The molecule has 2 saturated carbocycles. The van der Waals surface area contributed by atoms with E-state index in [0.717, 1.165) is 30.8 Å². The van der Waals surface area contributed by atoms with Crippen LogP contribution in [0, 0.1) is 0 Å². The van der Waals surface area contributed by atoms with E-state index in [1.54, 1.807) is 0 Å². The zero-order chi connectivity index (χ0) is 13.2. The fraction of sp³-hybridized carbons (Fsp3) is 0.833. The van der Waals surface area contributed by atoms with E-state index in [4.69, 9.17) is 0 Å². The van der Waals surface area contributed by atoms with Crippen molar-refractivity contribution in [2.75, 3.05) is 0 Å². The molecule has 0 spiro atoms. The second kappa shape index (κ2) is 5.48. The number of aromatic nitrogens is 4. The topological polar surface area (TPSA) is 72.7 Å². The summed E-state index contributed by atoms with van der Waals surface area (Å²) in [6, 6.07) is 0.817. The average molecular weight is 281 g/mol. The Kier molecular flexibility index (Phi) is 3.72. The van der Waals surface area contributed by atoms with E-state index in [1.165, 1.54) is 24.6 Å². The Bertz CT molecular complexity index is 453. The minimum absolute atomic E-state index is 0.0993. The quantitative estimate of drug-likeness (QED) is 0.829. The zero-order valence-electron chi connectivity index (χ0n) is 11.1. The summed E-state index contributed by atoms with van der Waals surface area (Å²) in [6.07, 6.45) is 6.97. The third-order valence-electron chi connectivity index (χ3n) is 3.71. The molecule has 7 heteroatoms. The first-order valence-corrected chi connectivity index (χ1v) is 7.87. The summed E-state index contributed by atoms with van der Waals surface area (Å²) in [6.45, 7) is 1.92. The highest BCUT2D eigenvalue weighted by Gasteiger charge is 2.30. The molecule has 2 aliphatic rings. The van der Waals surface area contributed by atoms with Crippen molar-refractivity contribution in [2.45, 2.75) is 67.9 Å². The van der Waals surface area contributed by atoms with Gasteiger partial charge in [-0.1, -0.05) is 24.6 Å². The summed E-state index contributed by atoms with van der Waals surface area (Å²) in [4.78, 5) is 12.1. The van der Waals surface area contributed by atoms with Crippen molar-refractivity contribution < 1.29 is 4.79 Å². The summed E-state index contributed by atoms with van der Waals surface area (Å²) in [5.74, 6) is 0.0993. The van der Waals surface area contributed by atoms with Crippen LogP contribution in [-0.4, -0.2) is 37.4 Å². The Balaban J connectivity index is 1.55. The van der Waals surface area contributed by atoms with Crippen molar-refractivity contribution in [2.24, 2.45) is 0 Å². The largest absolute Gasteiger partial charge is 0.352 e. The molecule has 1 atom stereocenters. The SMILES string of the molecule is C[C@H](Sc1nnnn1C1CC1)C(=O)NC1CCCC1. The second-order valence-corrected chi connectivity index (χ2v) is 6.70. The fourth-order valence-electron chi connectivity index (χ4n) is 2.41. The first kappa shape index (κ1) is 12.9. The lowest BCUT2D eigenvalue weighted by Gasteiger charge is -2.15. The van der Waals surface area contributed by atoms with E-state index < -0.39 is 0 Å². The Labute approximate surface area is 116 Å². The molecule has 0 aromatic carbocycles. The van der Waals surface area contributed by atoms with Crippen molar-refractivity contribution in [3.63, 3.8) is 0 Å². The number of hydrogen-bond donors (Lipinski definition) is 1. The number of nitrogens with one attached hydrogen (secondary N) is 1. The first-order valence-electron chi connectivity index (χ1n) is 6.99. The Morgan fingerprint density at radius 3 is 2.79 bits per heavy atom. The maximum absolute atomic E-state index is 12.1. The molecule has 1 N–H and O–H groups in total. The lowest BCUT2D eigenvalue weighted by molar-refractivity contribution is -0.120. The maximum Gasteiger partial charge on any atom is 0.233 e. The van der Waals surface area contributed by atoms with Gasteiger partial charge in [-0.3, -0.25) is 4.79 Å². The van der Waals surface area contributed by atoms with E-state index in [0.29, 0.717) is 12.1 Å². The second-order valence-electron chi connectivity index (χ2n) is 5.39. The molecule has 0 unspecified atom stereocenters. The van der Waals surface area contributed by atoms with E-state index >= 15 is 0 Å². The van der Waals surface area contributed by atoms with E-state index in [1.807, 2.05) is 11.6 Å². The van der Waals surface area contributed by atoms with Gasteiger partial charge in [0.1, 0.15) is 0 Å². The van der Waals surface area contributed by atoms with Crippen LogP contribution in [0.1, 0.15) is 51.5 Å². The number of tetrazole rings is 1. The van der Waals surface area contributed by atoms with Crippen molar-refractivity contribution in [1.82, 2.24) is 25.5 Å². The Hall–Kier alpha value is -1.11. The lowest BCUT2D eigenvalue weighted by Crippen LogP contribution is -2.37. The predicted octanol–water partition coefficient (Wildman–Crippen LogP) is 1.55. The Morgan fingerprint density at radius 2 is 2.11 bits per heavy atom. The summed E-state index contributed by atoms with van der Waals surface area (Å²) in [7, 11) is 0. The first-order chi connectivity index (χ1) is 9.24. The summed E-state index contributed by atoms with van der Waals surface area (Å²) < 4.78 is 1.85. The molecule has 0 radical (unpaired) electrons. The van der Waals surface area contributed by atoms with Crippen LogP contribution in [0.5, 0.6) is 0 Å².